The van der Waals surface area contributed by atoms with Crippen molar-refractivity contribution in [2.75, 3.05) is 33.0 Å². The average Bonchev–Trinajstić information content (AvgIpc) is 3.26. The quantitative estimate of drug-likeness (QED) is 0.677. The number of rotatable bonds is 2. The van der Waals surface area contributed by atoms with Crippen molar-refractivity contribution in [2.24, 2.45) is 0 Å². The van der Waals surface area contributed by atoms with Gasteiger partial charge < -0.3 is 19.3 Å². The highest BCUT2D eigenvalue weighted by molar-refractivity contribution is 5.99. The summed E-state index contributed by atoms with van der Waals surface area (Å²) < 4.78 is 10.7. The molecule has 146 valence electrons. The Hall–Kier alpha value is -3.54. The van der Waals surface area contributed by atoms with Gasteiger partial charge in [-0.25, -0.2) is 0 Å². The summed E-state index contributed by atoms with van der Waals surface area (Å²) in [6, 6.07) is 19.0. The van der Waals surface area contributed by atoms with Crippen LogP contribution in [-0.2, 0) is 0 Å². The summed E-state index contributed by atoms with van der Waals surface area (Å²) >= 11 is 0. The minimum atomic E-state index is -0.0545. The number of amides is 2. The van der Waals surface area contributed by atoms with E-state index in [1.165, 1.54) is 0 Å². The molecule has 3 aromatic rings. The molecule has 0 N–H and O–H groups in total. The topological polar surface area (TPSA) is 59.1 Å². The number of nitrogens with zero attached hydrogens (tertiary/aromatic N) is 2. The van der Waals surface area contributed by atoms with Crippen LogP contribution in [0, 0.1) is 0 Å². The van der Waals surface area contributed by atoms with E-state index in [2.05, 4.69) is 0 Å². The normalized spacial score (nSPS) is 15.6. The molecular weight excluding hydrogens is 368 g/mol. The first-order chi connectivity index (χ1) is 14.2. The number of hydrogen-bond acceptors (Lipinski definition) is 4. The molecule has 5 rings (SSSR count). The van der Waals surface area contributed by atoms with Crippen molar-refractivity contribution in [1.29, 1.82) is 0 Å². The Kier molecular flexibility index (Phi) is 4.31. The molecule has 3 aromatic carbocycles. The Balaban J connectivity index is 1.26. The van der Waals surface area contributed by atoms with Gasteiger partial charge in [0.05, 0.1) is 0 Å². The molecule has 29 heavy (non-hydrogen) atoms. The summed E-state index contributed by atoms with van der Waals surface area (Å²) in [6.45, 7) is 2.23. The number of carbonyl (C=O) groups is 2. The first kappa shape index (κ1) is 17.6. The van der Waals surface area contributed by atoms with E-state index in [-0.39, 0.29) is 18.6 Å². The number of piperazine rings is 1. The first-order valence-corrected chi connectivity index (χ1v) is 9.66. The Bertz CT molecular complexity index is 1100. The van der Waals surface area contributed by atoms with Gasteiger partial charge in [-0.1, -0.05) is 30.3 Å². The van der Waals surface area contributed by atoms with E-state index in [1.807, 2.05) is 47.4 Å². The molecule has 2 aliphatic heterocycles. The average molecular weight is 388 g/mol. The van der Waals surface area contributed by atoms with E-state index >= 15 is 0 Å². The van der Waals surface area contributed by atoms with Crippen molar-refractivity contribution >= 4 is 22.6 Å². The molecule has 0 aromatic heterocycles. The van der Waals surface area contributed by atoms with Crippen LogP contribution in [-0.4, -0.2) is 54.6 Å². The Morgan fingerprint density at radius 2 is 1.24 bits per heavy atom. The van der Waals surface area contributed by atoms with Crippen molar-refractivity contribution in [3.05, 3.63) is 71.8 Å². The highest BCUT2D eigenvalue weighted by Crippen LogP contribution is 2.33. The highest BCUT2D eigenvalue weighted by atomic mass is 16.7. The zero-order valence-corrected chi connectivity index (χ0v) is 15.8. The molecule has 1 fully saturated rings. The van der Waals surface area contributed by atoms with Crippen LogP contribution < -0.4 is 9.47 Å². The predicted octanol–water partition coefficient (Wildman–Crippen LogP) is 3.17. The predicted molar refractivity (Wildman–Crippen MR) is 108 cm³/mol. The molecular formula is C23H20N2O4. The van der Waals surface area contributed by atoms with Gasteiger partial charge in [0.15, 0.2) is 11.5 Å². The summed E-state index contributed by atoms with van der Waals surface area (Å²) in [5, 5.41) is 2.16. The van der Waals surface area contributed by atoms with Gasteiger partial charge in [-0.15, -0.1) is 0 Å². The van der Waals surface area contributed by atoms with Gasteiger partial charge in [-0.3, -0.25) is 9.59 Å². The second kappa shape index (κ2) is 7.13. The van der Waals surface area contributed by atoms with Gasteiger partial charge in [-0.2, -0.15) is 0 Å². The maximum Gasteiger partial charge on any atom is 0.254 e. The fraction of sp³-hybridized carbons (Fsp3) is 0.217. The molecule has 2 aliphatic rings. The maximum absolute atomic E-state index is 12.9. The van der Waals surface area contributed by atoms with Crippen LogP contribution in [0.4, 0.5) is 0 Å². The lowest BCUT2D eigenvalue weighted by atomic mass is 10.1. The minimum Gasteiger partial charge on any atom is -0.454 e. The summed E-state index contributed by atoms with van der Waals surface area (Å²) in [7, 11) is 0. The number of benzene rings is 3. The van der Waals surface area contributed by atoms with Crippen LogP contribution in [0.15, 0.2) is 60.7 Å². The van der Waals surface area contributed by atoms with E-state index in [1.54, 1.807) is 23.1 Å². The molecule has 6 nitrogen and oxygen atoms in total. The molecule has 2 amide bonds. The lowest BCUT2D eigenvalue weighted by molar-refractivity contribution is 0.0535. The summed E-state index contributed by atoms with van der Waals surface area (Å²) in [6.07, 6.45) is 0. The smallest absolute Gasteiger partial charge is 0.254 e. The molecule has 0 bridgehead atoms. The number of ether oxygens (including phenoxy) is 2. The Morgan fingerprint density at radius 1 is 0.655 bits per heavy atom. The van der Waals surface area contributed by atoms with E-state index in [9.17, 15) is 9.59 Å². The van der Waals surface area contributed by atoms with Gasteiger partial charge >= 0.3 is 0 Å². The number of hydrogen-bond donors (Lipinski definition) is 0. The van der Waals surface area contributed by atoms with Gasteiger partial charge in [0.25, 0.3) is 11.8 Å². The van der Waals surface area contributed by atoms with Crippen molar-refractivity contribution in [1.82, 2.24) is 9.80 Å². The highest BCUT2D eigenvalue weighted by Gasteiger charge is 2.26. The third-order valence-corrected chi connectivity index (χ3v) is 5.47. The number of carbonyl (C=O) groups excluding carboxylic acids is 2. The molecule has 1 saturated heterocycles. The first-order valence-electron chi connectivity index (χ1n) is 9.66. The van der Waals surface area contributed by atoms with E-state index in [0.29, 0.717) is 48.8 Å². The molecule has 0 radical (unpaired) electrons. The Morgan fingerprint density at radius 3 is 1.97 bits per heavy atom. The fourth-order valence-electron chi connectivity index (χ4n) is 3.83. The van der Waals surface area contributed by atoms with Gasteiger partial charge in [0.1, 0.15) is 0 Å². The standard InChI is InChI=1S/C23H20N2O4/c26-22(18-6-5-16-3-1-2-4-17(16)13-18)24-9-11-25(12-10-24)23(27)19-7-8-20-21(14-19)29-15-28-20/h1-8,13-14H,9-12,15H2. The third-order valence-electron chi connectivity index (χ3n) is 5.47. The zero-order valence-electron chi connectivity index (χ0n) is 15.8. The monoisotopic (exact) mass is 388 g/mol. The van der Waals surface area contributed by atoms with Crippen molar-refractivity contribution in [3.8, 4) is 11.5 Å². The van der Waals surface area contributed by atoms with Crippen molar-refractivity contribution in [2.45, 2.75) is 0 Å². The van der Waals surface area contributed by atoms with Crippen LogP contribution in [0.5, 0.6) is 11.5 Å². The maximum atomic E-state index is 12.9. The van der Waals surface area contributed by atoms with Crippen molar-refractivity contribution in [3.63, 3.8) is 0 Å². The molecule has 6 heteroatoms. The lowest BCUT2D eigenvalue weighted by Crippen LogP contribution is -2.50. The largest absolute Gasteiger partial charge is 0.454 e. The number of fused-ring (bicyclic) bond motifs is 2. The molecule has 2 heterocycles. The molecule has 0 atom stereocenters. The third kappa shape index (κ3) is 3.27. The lowest BCUT2D eigenvalue weighted by Gasteiger charge is -2.35. The van der Waals surface area contributed by atoms with Gasteiger partial charge in [-0.05, 0) is 41.1 Å². The summed E-state index contributed by atoms with van der Waals surface area (Å²) in [5.74, 6) is 1.21. The van der Waals surface area contributed by atoms with Gasteiger partial charge in [0.2, 0.25) is 6.79 Å². The van der Waals surface area contributed by atoms with E-state index in [4.69, 9.17) is 9.47 Å². The SMILES string of the molecule is O=C(c1ccc2c(c1)OCO2)N1CCN(C(=O)c2ccc3ccccc3c2)CC1. The molecule has 0 saturated carbocycles. The molecule has 0 aliphatic carbocycles. The van der Waals surface area contributed by atoms with Gasteiger partial charge in [0, 0.05) is 37.3 Å². The van der Waals surface area contributed by atoms with Crippen LogP contribution in [0.3, 0.4) is 0 Å². The fourth-order valence-corrected chi connectivity index (χ4v) is 3.83. The van der Waals surface area contributed by atoms with Crippen LogP contribution in [0.2, 0.25) is 0 Å². The molecule has 0 unspecified atom stereocenters. The zero-order chi connectivity index (χ0) is 19.8. The molecule has 0 spiro atoms. The van der Waals surface area contributed by atoms with Crippen molar-refractivity contribution < 1.29 is 19.1 Å². The summed E-state index contributed by atoms with van der Waals surface area (Å²) in [4.78, 5) is 29.3. The van der Waals surface area contributed by atoms with Crippen LogP contribution >= 0.6 is 0 Å². The van der Waals surface area contributed by atoms with E-state index in [0.717, 1.165) is 10.8 Å². The van der Waals surface area contributed by atoms with E-state index < -0.39 is 0 Å². The van der Waals surface area contributed by atoms with Crippen LogP contribution in [0.1, 0.15) is 20.7 Å². The summed E-state index contributed by atoms with van der Waals surface area (Å²) in [5.41, 5.74) is 1.25. The van der Waals surface area contributed by atoms with Crippen LogP contribution in [0.25, 0.3) is 10.8 Å². The Labute approximate surface area is 168 Å². The second-order valence-corrected chi connectivity index (χ2v) is 7.21. The minimum absolute atomic E-state index is 0.00549. The second-order valence-electron chi connectivity index (χ2n) is 7.21.